The molecule has 0 aliphatic carbocycles. The molecule has 0 bridgehead atoms. The van der Waals surface area contributed by atoms with Crippen LogP contribution in [0.1, 0.15) is 31.2 Å². The van der Waals surface area contributed by atoms with E-state index in [0.717, 1.165) is 24.9 Å². The van der Waals surface area contributed by atoms with Gasteiger partial charge in [0.25, 0.3) is 0 Å². The first kappa shape index (κ1) is 15.3. The van der Waals surface area contributed by atoms with Gasteiger partial charge >= 0.3 is 6.09 Å². The number of likely N-dealkylation sites (tertiary alicyclic amines) is 1. The molecule has 2 aliphatic rings. The second-order valence-corrected chi connectivity index (χ2v) is 6.28. The van der Waals surface area contributed by atoms with Crippen LogP contribution in [0.25, 0.3) is 0 Å². The summed E-state index contributed by atoms with van der Waals surface area (Å²) in [5.74, 6) is 0. The number of hydrogen-bond acceptors (Lipinski definition) is 4. The van der Waals surface area contributed by atoms with Crippen LogP contribution in [0.15, 0.2) is 30.3 Å². The van der Waals surface area contributed by atoms with Crippen LogP contribution in [0, 0.1) is 0 Å². The van der Waals surface area contributed by atoms with Gasteiger partial charge in [-0.1, -0.05) is 30.3 Å². The molecule has 120 valence electrons. The highest BCUT2D eigenvalue weighted by atomic mass is 16.6. The van der Waals surface area contributed by atoms with Crippen LogP contribution in [0.3, 0.4) is 0 Å². The molecular formula is C17H24N2O3. The van der Waals surface area contributed by atoms with E-state index in [0.29, 0.717) is 32.5 Å². The van der Waals surface area contributed by atoms with Crippen molar-refractivity contribution < 1.29 is 14.6 Å². The largest absolute Gasteiger partial charge is 0.445 e. The summed E-state index contributed by atoms with van der Waals surface area (Å²) in [6, 6.07) is 9.85. The van der Waals surface area contributed by atoms with E-state index in [1.165, 1.54) is 0 Å². The molecule has 0 saturated carbocycles. The predicted octanol–water partition coefficient (Wildman–Crippen LogP) is 1.90. The molecule has 2 saturated heterocycles. The first-order valence-corrected chi connectivity index (χ1v) is 8.09. The summed E-state index contributed by atoms with van der Waals surface area (Å²) >= 11 is 0. The van der Waals surface area contributed by atoms with E-state index in [-0.39, 0.29) is 12.1 Å². The summed E-state index contributed by atoms with van der Waals surface area (Å²) in [7, 11) is 0. The minimum absolute atomic E-state index is 0.176. The van der Waals surface area contributed by atoms with Gasteiger partial charge in [-0.3, -0.25) is 0 Å². The molecule has 1 atom stereocenters. The number of amides is 1. The van der Waals surface area contributed by atoms with Crippen molar-refractivity contribution in [3.63, 3.8) is 0 Å². The third kappa shape index (κ3) is 3.42. The zero-order valence-electron chi connectivity index (χ0n) is 12.8. The Morgan fingerprint density at radius 2 is 2.05 bits per heavy atom. The van der Waals surface area contributed by atoms with Crippen LogP contribution in [-0.4, -0.2) is 47.4 Å². The first-order chi connectivity index (χ1) is 10.7. The molecule has 1 amide bonds. The maximum atomic E-state index is 12.1. The molecule has 1 aromatic rings. The van der Waals surface area contributed by atoms with Crippen LogP contribution in [-0.2, 0) is 11.3 Å². The van der Waals surface area contributed by atoms with Gasteiger partial charge in [-0.2, -0.15) is 0 Å². The predicted molar refractivity (Wildman–Crippen MR) is 83.4 cm³/mol. The lowest BCUT2D eigenvalue weighted by atomic mass is 9.83. The fourth-order valence-corrected chi connectivity index (χ4v) is 3.38. The topological polar surface area (TPSA) is 61.8 Å². The van der Waals surface area contributed by atoms with Gasteiger partial charge in [-0.25, -0.2) is 4.79 Å². The quantitative estimate of drug-likeness (QED) is 0.895. The van der Waals surface area contributed by atoms with E-state index >= 15 is 0 Å². The zero-order valence-corrected chi connectivity index (χ0v) is 12.8. The highest BCUT2D eigenvalue weighted by Gasteiger charge is 2.41. The Morgan fingerprint density at radius 1 is 1.32 bits per heavy atom. The van der Waals surface area contributed by atoms with Gasteiger partial charge in [0.05, 0.1) is 5.60 Å². The van der Waals surface area contributed by atoms with Gasteiger partial charge in [0.1, 0.15) is 6.61 Å². The third-order valence-electron chi connectivity index (χ3n) is 4.80. The van der Waals surface area contributed by atoms with E-state index < -0.39 is 5.60 Å². The third-order valence-corrected chi connectivity index (χ3v) is 4.80. The molecular weight excluding hydrogens is 280 g/mol. The van der Waals surface area contributed by atoms with E-state index in [4.69, 9.17) is 4.74 Å². The summed E-state index contributed by atoms with van der Waals surface area (Å²) in [5.41, 5.74) is 0.312. The zero-order chi connectivity index (χ0) is 15.4. The average molecular weight is 304 g/mol. The monoisotopic (exact) mass is 304 g/mol. The molecule has 0 radical (unpaired) electrons. The normalized spacial score (nSPS) is 24.2. The number of ether oxygens (including phenoxy) is 1. The molecule has 0 spiro atoms. The lowest BCUT2D eigenvalue weighted by Crippen LogP contribution is -2.55. The molecule has 2 fully saturated rings. The maximum Gasteiger partial charge on any atom is 0.410 e. The van der Waals surface area contributed by atoms with Gasteiger partial charge in [0.2, 0.25) is 0 Å². The number of carbonyl (C=O) groups is 1. The standard InChI is InChI=1S/C17H24N2O3/c20-16(22-13-14-5-2-1-3-6-14)19-11-8-17(21,9-12-19)15-7-4-10-18-15/h1-3,5-6,15,18,21H,4,7-13H2. The molecule has 22 heavy (non-hydrogen) atoms. The Balaban J connectivity index is 1.47. The van der Waals surface area contributed by atoms with Gasteiger partial charge in [-0.15, -0.1) is 0 Å². The van der Waals surface area contributed by atoms with Crippen molar-refractivity contribution in [2.45, 2.75) is 43.9 Å². The van der Waals surface area contributed by atoms with Gasteiger partial charge in [0.15, 0.2) is 0 Å². The molecule has 5 nitrogen and oxygen atoms in total. The minimum atomic E-state index is -0.674. The molecule has 1 aromatic carbocycles. The Hall–Kier alpha value is -1.59. The van der Waals surface area contributed by atoms with Crippen LogP contribution in [0.4, 0.5) is 4.79 Å². The van der Waals surface area contributed by atoms with E-state index in [2.05, 4.69) is 5.32 Å². The van der Waals surface area contributed by atoms with Crippen molar-refractivity contribution in [2.75, 3.05) is 19.6 Å². The van der Waals surface area contributed by atoms with Crippen molar-refractivity contribution in [1.29, 1.82) is 0 Å². The molecule has 2 aliphatic heterocycles. The van der Waals surface area contributed by atoms with Crippen molar-refractivity contribution >= 4 is 6.09 Å². The number of nitrogens with one attached hydrogen (secondary N) is 1. The smallest absolute Gasteiger partial charge is 0.410 e. The van der Waals surface area contributed by atoms with Crippen molar-refractivity contribution in [3.8, 4) is 0 Å². The second-order valence-electron chi connectivity index (χ2n) is 6.28. The number of aliphatic hydroxyl groups is 1. The van der Waals surface area contributed by atoms with E-state index in [1.54, 1.807) is 4.90 Å². The van der Waals surface area contributed by atoms with Crippen LogP contribution in [0.2, 0.25) is 0 Å². The summed E-state index contributed by atoms with van der Waals surface area (Å²) in [5, 5.41) is 14.1. The summed E-state index contributed by atoms with van der Waals surface area (Å²) < 4.78 is 5.35. The fraction of sp³-hybridized carbons (Fsp3) is 0.588. The lowest BCUT2D eigenvalue weighted by molar-refractivity contribution is -0.0442. The average Bonchev–Trinajstić information content (AvgIpc) is 3.10. The Kier molecular flexibility index (Phi) is 4.64. The molecule has 2 heterocycles. The van der Waals surface area contributed by atoms with Crippen LogP contribution >= 0.6 is 0 Å². The van der Waals surface area contributed by atoms with Crippen molar-refractivity contribution in [3.05, 3.63) is 35.9 Å². The number of carbonyl (C=O) groups excluding carboxylic acids is 1. The molecule has 3 rings (SSSR count). The SMILES string of the molecule is O=C(OCc1ccccc1)N1CCC(O)(C2CCCN2)CC1. The number of rotatable bonds is 3. The van der Waals surface area contributed by atoms with Gasteiger partial charge < -0.3 is 20.1 Å². The van der Waals surface area contributed by atoms with E-state index in [9.17, 15) is 9.90 Å². The summed E-state index contributed by atoms with van der Waals surface area (Å²) in [6.45, 7) is 2.39. The van der Waals surface area contributed by atoms with Crippen LogP contribution < -0.4 is 5.32 Å². The van der Waals surface area contributed by atoms with Crippen molar-refractivity contribution in [1.82, 2.24) is 10.2 Å². The highest BCUT2D eigenvalue weighted by Crippen LogP contribution is 2.30. The molecule has 1 unspecified atom stereocenters. The second kappa shape index (κ2) is 6.67. The molecule has 5 heteroatoms. The Labute approximate surface area is 131 Å². The number of piperidine rings is 1. The lowest BCUT2D eigenvalue weighted by Gasteiger charge is -2.41. The molecule has 0 aromatic heterocycles. The number of nitrogens with zero attached hydrogens (tertiary/aromatic N) is 1. The number of benzene rings is 1. The maximum absolute atomic E-state index is 12.1. The van der Waals surface area contributed by atoms with Crippen LogP contribution in [0.5, 0.6) is 0 Å². The summed E-state index contributed by atoms with van der Waals surface area (Å²) in [6.07, 6.45) is 3.09. The van der Waals surface area contributed by atoms with E-state index in [1.807, 2.05) is 30.3 Å². The fourth-order valence-electron chi connectivity index (χ4n) is 3.38. The van der Waals surface area contributed by atoms with Gasteiger partial charge in [-0.05, 0) is 37.8 Å². The Morgan fingerprint density at radius 3 is 2.68 bits per heavy atom. The first-order valence-electron chi connectivity index (χ1n) is 8.09. The van der Waals surface area contributed by atoms with Gasteiger partial charge in [0, 0.05) is 19.1 Å². The molecule has 2 N–H and O–H groups in total. The summed E-state index contributed by atoms with van der Waals surface area (Å²) in [4.78, 5) is 13.8. The number of hydrogen-bond donors (Lipinski definition) is 2. The highest BCUT2D eigenvalue weighted by molar-refractivity contribution is 5.67. The van der Waals surface area contributed by atoms with Crippen molar-refractivity contribution in [2.24, 2.45) is 0 Å². The minimum Gasteiger partial charge on any atom is -0.445 e. The Bertz CT molecular complexity index is 492.